The Balaban J connectivity index is 1.83. The number of rotatable bonds is 43. The predicted octanol–water partition coefficient (Wildman–Crippen LogP) is 18.6. The van der Waals surface area contributed by atoms with Crippen LogP contribution >= 0.6 is 0 Å². The van der Waals surface area contributed by atoms with Crippen molar-refractivity contribution in [1.82, 2.24) is 5.32 Å². The van der Waals surface area contributed by atoms with E-state index >= 15 is 0 Å². The average molecular weight is 888 g/mol. The Morgan fingerprint density at radius 2 is 0.677 bits per heavy atom. The molecule has 0 aliphatic heterocycles. The van der Waals surface area contributed by atoms with Gasteiger partial charge < -0.3 is 10.4 Å². The molecule has 65 heavy (non-hydrogen) atoms. The number of carbonyl (C=O) groups is 2. The lowest BCUT2D eigenvalue weighted by molar-refractivity contribution is -0.119. The molecular formula is C61H93NO3. The molecule has 0 atom stereocenters. The molecule has 0 bridgehead atoms. The third kappa shape index (κ3) is 43.2. The van der Waals surface area contributed by atoms with Gasteiger partial charge in [0.15, 0.2) is 5.78 Å². The molecule has 1 aliphatic carbocycles. The van der Waals surface area contributed by atoms with Crippen LogP contribution in [0.25, 0.3) is 0 Å². The summed E-state index contributed by atoms with van der Waals surface area (Å²) >= 11 is 0. The number of ketones is 1. The summed E-state index contributed by atoms with van der Waals surface area (Å²) in [7, 11) is 0. The molecule has 360 valence electrons. The van der Waals surface area contributed by atoms with Gasteiger partial charge in [0.1, 0.15) is 11.5 Å². The first kappa shape index (κ1) is 58.6. The molecule has 0 unspecified atom stereocenters. The first-order valence-corrected chi connectivity index (χ1v) is 26.3. The highest BCUT2D eigenvalue weighted by molar-refractivity contribution is 6.03. The SMILES string of the molecule is CCCCCCCC=CCCCCCCCCC=CCCCCCCCCCCC=CC=CC=CC=CC=CCCCCC=CCCC=CC=CC=CC=CC(=O)NC1=C(O)CCC1=O. The van der Waals surface area contributed by atoms with Crippen molar-refractivity contribution in [3.05, 3.63) is 157 Å². The predicted molar refractivity (Wildman–Crippen MR) is 286 cm³/mol. The second kappa shape index (κ2) is 49.0. The van der Waals surface area contributed by atoms with E-state index in [1.807, 2.05) is 24.3 Å². The topological polar surface area (TPSA) is 66.4 Å². The number of aliphatic hydroxyl groups excluding tert-OH is 1. The van der Waals surface area contributed by atoms with Gasteiger partial charge in [-0.3, -0.25) is 9.59 Å². The minimum Gasteiger partial charge on any atom is -0.510 e. The number of hydrogen-bond acceptors (Lipinski definition) is 3. The molecular weight excluding hydrogens is 795 g/mol. The molecule has 0 saturated carbocycles. The second-order valence-corrected chi connectivity index (χ2v) is 17.4. The van der Waals surface area contributed by atoms with E-state index in [4.69, 9.17) is 0 Å². The van der Waals surface area contributed by atoms with E-state index in [0.29, 0.717) is 0 Å². The lowest BCUT2D eigenvalue weighted by Gasteiger charge is -2.01. The summed E-state index contributed by atoms with van der Waals surface area (Å²) in [5.74, 6) is -0.710. The summed E-state index contributed by atoms with van der Waals surface area (Å²) in [4.78, 5) is 23.4. The number of amides is 1. The van der Waals surface area contributed by atoms with Crippen LogP contribution in [0.15, 0.2) is 157 Å². The van der Waals surface area contributed by atoms with Crippen LogP contribution < -0.4 is 5.32 Å². The molecule has 0 saturated heterocycles. The summed E-state index contributed by atoms with van der Waals surface area (Å²) in [6.07, 6.45) is 90.1. The molecule has 1 rings (SSSR count). The summed E-state index contributed by atoms with van der Waals surface area (Å²) in [6.45, 7) is 2.29. The van der Waals surface area contributed by atoms with Crippen LogP contribution in [0.3, 0.4) is 0 Å². The molecule has 0 aromatic carbocycles. The first-order chi connectivity index (χ1) is 32.1. The molecule has 0 fully saturated rings. The van der Waals surface area contributed by atoms with Gasteiger partial charge in [0.2, 0.25) is 5.91 Å². The average Bonchev–Trinajstić information content (AvgIpc) is 3.62. The molecule has 0 aromatic heterocycles. The monoisotopic (exact) mass is 888 g/mol. The Labute approximate surface area is 399 Å². The van der Waals surface area contributed by atoms with Gasteiger partial charge >= 0.3 is 0 Å². The standard InChI is InChI=1S/C61H93NO3/c1-2-3-4-5-6-7-8-9-10-11-12-13-14-15-16-17-18-19-20-21-22-23-24-25-26-27-28-29-30-31-32-33-34-35-36-37-38-39-40-41-42-43-44-45-46-47-48-49-50-51-52-53-54-55-60(65)62-61-58(63)56-57-59(61)64/h8-9,18-19,30-39,44-45,48-55,63H,2-7,10-17,20-29,40-43,46-47,56-57H2,1H3,(H,62,65). The fourth-order valence-corrected chi connectivity index (χ4v) is 7.36. The van der Waals surface area contributed by atoms with Gasteiger partial charge in [-0.15, -0.1) is 0 Å². The number of Topliss-reactive ketones (excluding diaryl/α,β-unsaturated/α-hetero) is 1. The van der Waals surface area contributed by atoms with E-state index in [1.165, 1.54) is 173 Å². The Morgan fingerprint density at radius 1 is 0.385 bits per heavy atom. The van der Waals surface area contributed by atoms with Gasteiger partial charge in [-0.1, -0.05) is 237 Å². The van der Waals surface area contributed by atoms with E-state index in [2.05, 4.69) is 116 Å². The number of hydrogen-bond donors (Lipinski definition) is 2. The zero-order valence-corrected chi connectivity index (χ0v) is 41.2. The largest absolute Gasteiger partial charge is 0.510 e. The van der Waals surface area contributed by atoms with E-state index in [0.717, 1.165) is 25.7 Å². The third-order valence-electron chi connectivity index (χ3n) is 11.3. The van der Waals surface area contributed by atoms with Gasteiger partial charge in [-0.2, -0.15) is 0 Å². The maximum atomic E-state index is 11.8. The Morgan fingerprint density at radius 3 is 1.06 bits per heavy atom. The lowest BCUT2D eigenvalue weighted by Crippen LogP contribution is -2.24. The zero-order chi connectivity index (χ0) is 46.6. The zero-order valence-electron chi connectivity index (χ0n) is 41.2. The summed E-state index contributed by atoms with van der Waals surface area (Å²) < 4.78 is 0. The molecule has 4 nitrogen and oxygen atoms in total. The molecule has 1 aliphatic rings. The quantitative estimate of drug-likeness (QED) is 0.0277. The minimum absolute atomic E-state index is 0.0193. The van der Waals surface area contributed by atoms with Crippen LogP contribution in [0.5, 0.6) is 0 Å². The van der Waals surface area contributed by atoms with Crippen molar-refractivity contribution in [2.24, 2.45) is 0 Å². The Kier molecular flexibility index (Phi) is 44.2. The highest BCUT2D eigenvalue weighted by Gasteiger charge is 2.23. The van der Waals surface area contributed by atoms with Crippen molar-refractivity contribution < 1.29 is 14.7 Å². The fourth-order valence-electron chi connectivity index (χ4n) is 7.36. The molecule has 1 amide bonds. The van der Waals surface area contributed by atoms with Crippen molar-refractivity contribution in [3.8, 4) is 0 Å². The van der Waals surface area contributed by atoms with Crippen LogP contribution in [-0.2, 0) is 9.59 Å². The van der Waals surface area contributed by atoms with Crippen LogP contribution in [0.1, 0.15) is 212 Å². The minimum atomic E-state index is -0.432. The van der Waals surface area contributed by atoms with Gasteiger partial charge in [-0.25, -0.2) is 0 Å². The normalized spacial score (nSPS) is 14.4. The number of carbonyl (C=O) groups excluding carboxylic acids is 2. The van der Waals surface area contributed by atoms with E-state index < -0.39 is 5.91 Å². The number of nitrogens with one attached hydrogen (secondary N) is 1. The third-order valence-corrected chi connectivity index (χ3v) is 11.3. The van der Waals surface area contributed by atoms with Crippen molar-refractivity contribution in [1.29, 1.82) is 0 Å². The van der Waals surface area contributed by atoms with Crippen molar-refractivity contribution in [2.75, 3.05) is 0 Å². The number of aliphatic hydroxyl groups is 1. The van der Waals surface area contributed by atoms with Crippen LogP contribution in [0.4, 0.5) is 0 Å². The second-order valence-electron chi connectivity index (χ2n) is 17.4. The van der Waals surface area contributed by atoms with Crippen molar-refractivity contribution >= 4 is 11.7 Å². The number of allylic oxidation sites excluding steroid dienone is 25. The van der Waals surface area contributed by atoms with Crippen molar-refractivity contribution in [3.63, 3.8) is 0 Å². The molecule has 4 heteroatoms. The molecule has 0 radical (unpaired) electrons. The molecule has 0 spiro atoms. The summed E-state index contributed by atoms with van der Waals surface area (Å²) in [5.41, 5.74) is 0.0193. The molecule has 2 N–H and O–H groups in total. The van der Waals surface area contributed by atoms with Gasteiger partial charge in [0.05, 0.1) is 0 Å². The van der Waals surface area contributed by atoms with E-state index in [-0.39, 0.29) is 30.1 Å². The van der Waals surface area contributed by atoms with Crippen LogP contribution in [0, 0.1) is 0 Å². The molecule has 0 aromatic rings. The van der Waals surface area contributed by atoms with Crippen molar-refractivity contribution in [2.45, 2.75) is 212 Å². The van der Waals surface area contributed by atoms with Gasteiger partial charge in [-0.05, 0) is 103 Å². The number of unbranched alkanes of at least 4 members (excludes halogenated alkanes) is 25. The highest BCUT2D eigenvalue weighted by Crippen LogP contribution is 2.18. The van der Waals surface area contributed by atoms with Crippen LogP contribution in [-0.4, -0.2) is 16.8 Å². The Hall–Kier alpha value is -4.44. The summed E-state index contributed by atoms with van der Waals surface area (Å²) in [6, 6.07) is 0. The fraction of sp³-hybridized carbons (Fsp3) is 0.541. The van der Waals surface area contributed by atoms with Gasteiger partial charge in [0, 0.05) is 18.9 Å². The smallest absolute Gasteiger partial charge is 0.248 e. The lowest BCUT2D eigenvalue weighted by atomic mass is 10.1. The highest BCUT2D eigenvalue weighted by atomic mass is 16.3. The van der Waals surface area contributed by atoms with Crippen LogP contribution in [0.2, 0.25) is 0 Å². The van der Waals surface area contributed by atoms with E-state index in [9.17, 15) is 14.7 Å². The first-order valence-electron chi connectivity index (χ1n) is 26.3. The Bertz CT molecular complexity index is 1550. The summed E-state index contributed by atoms with van der Waals surface area (Å²) in [5, 5.41) is 12.1. The maximum absolute atomic E-state index is 11.8. The molecule has 0 heterocycles. The van der Waals surface area contributed by atoms with E-state index in [1.54, 1.807) is 12.2 Å². The maximum Gasteiger partial charge on any atom is 0.248 e. The van der Waals surface area contributed by atoms with Gasteiger partial charge in [0.25, 0.3) is 0 Å².